The van der Waals surface area contributed by atoms with E-state index in [0.29, 0.717) is 13.1 Å². The van der Waals surface area contributed by atoms with E-state index in [-0.39, 0.29) is 6.04 Å². The number of nitrogens with zero attached hydrogens (tertiary/aromatic N) is 1. The van der Waals surface area contributed by atoms with Crippen LogP contribution < -0.4 is 11.1 Å². The zero-order valence-corrected chi connectivity index (χ0v) is 9.76. The minimum Gasteiger partial charge on any atom is -0.346 e. The number of nitrogens with one attached hydrogen (secondary N) is 1. The van der Waals surface area contributed by atoms with Gasteiger partial charge in [0.1, 0.15) is 6.54 Å². The summed E-state index contributed by atoms with van der Waals surface area (Å²) in [4.78, 5) is 13.3. The maximum atomic E-state index is 11.9. The highest BCUT2D eigenvalue weighted by Crippen LogP contribution is 2.14. The molecule has 1 rings (SSSR count). The zero-order valence-electron chi connectivity index (χ0n) is 9.76. The second kappa shape index (κ2) is 5.68. The van der Waals surface area contributed by atoms with Crippen molar-refractivity contribution >= 4 is 5.91 Å². The number of hydrogen-bond donors (Lipinski definition) is 2. The van der Waals surface area contributed by atoms with E-state index >= 15 is 0 Å². The fraction of sp³-hybridized carbons (Fsp3) is 0.900. The third kappa shape index (κ3) is 4.91. The number of halogens is 3. The number of nitrogens with two attached hydrogens (primary N) is 1. The van der Waals surface area contributed by atoms with Crippen molar-refractivity contribution in [2.45, 2.75) is 38.0 Å². The molecule has 1 atom stereocenters. The van der Waals surface area contributed by atoms with Gasteiger partial charge in [0.25, 0.3) is 0 Å². The number of carbonyl (C=O) groups is 1. The maximum Gasteiger partial charge on any atom is 0.405 e. The summed E-state index contributed by atoms with van der Waals surface area (Å²) in [6, 6.07) is -0.401. The summed E-state index contributed by atoms with van der Waals surface area (Å²) >= 11 is 0. The molecule has 1 aliphatic heterocycles. The lowest BCUT2D eigenvalue weighted by Crippen LogP contribution is -2.51. The van der Waals surface area contributed by atoms with Gasteiger partial charge in [-0.05, 0) is 19.8 Å². The van der Waals surface area contributed by atoms with Gasteiger partial charge in [-0.3, -0.25) is 9.69 Å². The number of piperidine rings is 1. The SMILES string of the molecule is CC(C(=O)NCC(F)(F)F)N1CCC(N)CC1. The molecule has 1 heterocycles. The Morgan fingerprint density at radius 2 is 2.00 bits per heavy atom. The second-order valence-electron chi connectivity index (χ2n) is 4.38. The van der Waals surface area contributed by atoms with E-state index in [2.05, 4.69) is 0 Å². The molecule has 7 heteroatoms. The summed E-state index contributed by atoms with van der Waals surface area (Å²) in [5.74, 6) is -0.585. The van der Waals surface area contributed by atoms with Crippen molar-refractivity contribution in [1.29, 1.82) is 0 Å². The van der Waals surface area contributed by atoms with E-state index in [9.17, 15) is 18.0 Å². The Labute approximate surface area is 98.3 Å². The molecule has 0 aromatic carbocycles. The Morgan fingerprint density at radius 1 is 1.47 bits per heavy atom. The molecule has 4 nitrogen and oxygen atoms in total. The van der Waals surface area contributed by atoms with Crippen molar-refractivity contribution in [2.24, 2.45) is 5.73 Å². The Balaban J connectivity index is 2.36. The number of rotatable bonds is 3. The van der Waals surface area contributed by atoms with E-state index in [1.807, 2.05) is 10.2 Å². The molecular formula is C10H18F3N3O. The van der Waals surface area contributed by atoms with Crippen LogP contribution in [0.2, 0.25) is 0 Å². The molecule has 1 fully saturated rings. The molecular weight excluding hydrogens is 235 g/mol. The number of alkyl halides is 3. The van der Waals surface area contributed by atoms with Gasteiger partial charge in [0.2, 0.25) is 5.91 Å². The summed E-state index contributed by atoms with van der Waals surface area (Å²) < 4.78 is 35.8. The molecule has 0 radical (unpaired) electrons. The largest absolute Gasteiger partial charge is 0.405 e. The normalized spacial score (nSPS) is 21.2. The first kappa shape index (κ1) is 14.2. The number of amides is 1. The zero-order chi connectivity index (χ0) is 13.1. The van der Waals surface area contributed by atoms with Crippen LogP contribution in [0.5, 0.6) is 0 Å². The molecule has 1 aliphatic rings. The first-order valence-electron chi connectivity index (χ1n) is 5.63. The van der Waals surface area contributed by atoms with Crippen molar-refractivity contribution in [3.05, 3.63) is 0 Å². The first-order valence-corrected chi connectivity index (χ1v) is 5.63. The molecule has 1 amide bonds. The van der Waals surface area contributed by atoms with Gasteiger partial charge in [-0.15, -0.1) is 0 Å². The van der Waals surface area contributed by atoms with E-state index in [0.717, 1.165) is 12.8 Å². The van der Waals surface area contributed by atoms with E-state index in [1.54, 1.807) is 6.92 Å². The topological polar surface area (TPSA) is 58.4 Å². The lowest BCUT2D eigenvalue weighted by atomic mass is 10.0. The van der Waals surface area contributed by atoms with Crippen LogP contribution in [0.1, 0.15) is 19.8 Å². The van der Waals surface area contributed by atoms with E-state index < -0.39 is 24.7 Å². The lowest BCUT2D eigenvalue weighted by molar-refractivity contribution is -0.141. The Bertz CT molecular complexity index is 262. The smallest absolute Gasteiger partial charge is 0.346 e. The fourth-order valence-corrected chi connectivity index (χ4v) is 1.81. The second-order valence-corrected chi connectivity index (χ2v) is 4.38. The summed E-state index contributed by atoms with van der Waals surface area (Å²) in [5.41, 5.74) is 5.71. The van der Waals surface area contributed by atoms with Crippen molar-refractivity contribution in [1.82, 2.24) is 10.2 Å². The fourth-order valence-electron chi connectivity index (χ4n) is 1.81. The maximum absolute atomic E-state index is 11.9. The Morgan fingerprint density at radius 3 is 2.47 bits per heavy atom. The molecule has 0 aliphatic carbocycles. The van der Waals surface area contributed by atoms with Crippen LogP contribution in [0, 0.1) is 0 Å². The molecule has 0 saturated carbocycles. The van der Waals surface area contributed by atoms with Crippen molar-refractivity contribution in [3.63, 3.8) is 0 Å². The highest BCUT2D eigenvalue weighted by Gasteiger charge is 2.30. The average Bonchev–Trinajstić information content (AvgIpc) is 2.25. The third-order valence-corrected chi connectivity index (χ3v) is 2.96. The van der Waals surface area contributed by atoms with Crippen LogP contribution in [0.25, 0.3) is 0 Å². The van der Waals surface area contributed by atoms with E-state index in [1.165, 1.54) is 0 Å². The predicted octanol–water partition coefficient (Wildman–Crippen LogP) is 0.477. The molecule has 0 spiro atoms. The molecule has 17 heavy (non-hydrogen) atoms. The average molecular weight is 253 g/mol. The van der Waals surface area contributed by atoms with Crippen molar-refractivity contribution in [2.75, 3.05) is 19.6 Å². The minimum absolute atomic E-state index is 0.136. The van der Waals surface area contributed by atoms with E-state index in [4.69, 9.17) is 5.73 Å². The van der Waals surface area contributed by atoms with Gasteiger partial charge in [-0.2, -0.15) is 13.2 Å². The van der Waals surface area contributed by atoms with Crippen LogP contribution >= 0.6 is 0 Å². The van der Waals surface area contributed by atoms with Gasteiger partial charge in [0.05, 0.1) is 6.04 Å². The molecule has 0 aromatic rings. The van der Waals surface area contributed by atoms with Gasteiger partial charge in [-0.1, -0.05) is 0 Å². The molecule has 0 aromatic heterocycles. The van der Waals surface area contributed by atoms with Crippen LogP contribution in [0.15, 0.2) is 0 Å². The first-order chi connectivity index (χ1) is 7.79. The number of carbonyl (C=O) groups excluding carboxylic acids is 1. The summed E-state index contributed by atoms with van der Waals surface area (Å²) in [6.45, 7) is 1.65. The summed E-state index contributed by atoms with van der Waals surface area (Å²) in [7, 11) is 0. The minimum atomic E-state index is -4.36. The highest BCUT2D eigenvalue weighted by molar-refractivity contribution is 5.81. The van der Waals surface area contributed by atoms with Gasteiger partial charge in [0.15, 0.2) is 0 Å². The molecule has 100 valence electrons. The van der Waals surface area contributed by atoms with Crippen LogP contribution in [0.4, 0.5) is 13.2 Å². The lowest BCUT2D eigenvalue weighted by Gasteiger charge is -2.34. The van der Waals surface area contributed by atoms with Crippen molar-refractivity contribution < 1.29 is 18.0 Å². The monoisotopic (exact) mass is 253 g/mol. The molecule has 3 N–H and O–H groups in total. The predicted molar refractivity (Wildman–Crippen MR) is 57.3 cm³/mol. The molecule has 1 unspecified atom stereocenters. The number of likely N-dealkylation sites (tertiary alicyclic amines) is 1. The third-order valence-electron chi connectivity index (χ3n) is 2.96. The number of hydrogen-bond acceptors (Lipinski definition) is 3. The standard InChI is InChI=1S/C10H18F3N3O/c1-7(9(17)15-6-10(11,12)13)16-4-2-8(14)3-5-16/h7-8H,2-6,14H2,1H3,(H,15,17). The highest BCUT2D eigenvalue weighted by atomic mass is 19.4. The van der Waals surface area contributed by atoms with Crippen molar-refractivity contribution in [3.8, 4) is 0 Å². The van der Waals surface area contributed by atoms with Crippen LogP contribution in [-0.4, -0.2) is 48.7 Å². The van der Waals surface area contributed by atoms with Crippen LogP contribution in [-0.2, 0) is 4.79 Å². The van der Waals surface area contributed by atoms with Crippen LogP contribution in [0.3, 0.4) is 0 Å². The van der Waals surface area contributed by atoms with Gasteiger partial charge in [0, 0.05) is 19.1 Å². The van der Waals surface area contributed by atoms with Gasteiger partial charge < -0.3 is 11.1 Å². The quantitative estimate of drug-likeness (QED) is 0.769. The summed E-state index contributed by atoms with van der Waals surface area (Å²) in [5, 5.41) is 1.89. The molecule has 0 bridgehead atoms. The Kier molecular flexibility index (Phi) is 4.76. The summed E-state index contributed by atoms with van der Waals surface area (Å²) in [6.07, 6.45) is -2.81. The van der Waals surface area contributed by atoms with Gasteiger partial charge in [-0.25, -0.2) is 0 Å². The Hall–Kier alpha value is -0.820. The molecule has 1 saturated heterocycles. The van der Waals surface area contributed by atoms with Gasteiger partial charge >= 0.3 is 6.18 Å².